The third kappa shape index (κ3) is 3.36. The fraction of sp³-hybridized carbons (Fsp3) is 0.250. The normalized spacial score (nSPS) is 7.90. The molecule has 0 fully saturated rings. The van der Waals surface area contributed by atoms with Gasteiger partial charge in [-0.25, -0.2) is 0 Å². The van der Waals surface area contributed by atoms with Crippen molar-refractivity contribution < 1.29 is 5.11 Å². The number of phenolic OH excluding ortho intramolecular Hbond substituents is 1. The van der Waals surface area contributed by atoms with E-state index >= 15 is 0 Å². The predicted octanol–water partition coefficient (Wildman–Crippen LogP) is 3.07. The Bertz CT molecular complexity index is 148. The molecule has 0 saturated heterocycles. The van der Waals surface area contributed by atoms with Crippen LogP contribution in [0.15, 0.2) is 24.3 Å². The summed E-state index contributed by atoms with van der Waals surface area (Å²) in [5.74, 6) is 0.245. The maximum Gasteiger partial charge on any atom is 0.115 e. The highest BCUT2D eigenvalue weighted by molar-refractivity contribution is 6.30. The molecule has 0 amide bonds. The molecular formula is C8H11ClO. The van der Waals surface area contributed by atoms with Crippen molar-refractivity contribution in [1.29, 1.82) is 0 Å². The van der Waals surface area contributed by atoms with E-state index in [1.807, 2.05) is 13.8 Å². The van der Waals surface area contributed by atoms with Crippen molar-refractivity contribution in [2.24, 2.45) is 0 Å². The molecule has 0 aliphatic heterocycles. The van der Waals surface area contributed by atoms with Crippen molar-refractivity contribution in [1.82, 2.24) is 0 Å². The van der Waals surface area contributed by atoms with Gasteiger partial charge in [-0.1, -0.05) is 25.4 Å². The van der Waals surface area contributed by atoms with Gasteiger partial charge in [0.25, 0.3) is 0 Å². The van der Waals surface area contributed by atoms with E-state index in [4.69, 9.17) is 16.7 Å². The fourth-order valence-electron chi connectivity index (χ4n) is 0.441. The first kappa shape index (κ1) is 9.31. The van der Waals surface area contributed by atoms with Gasteiger partial charge in [0.2, 0.25) is 0 Å². The van der Waals surface area contributed by atoms with Crippen molar-refractivity contribution in [2.45, 2.75) is 13.8 Å². The molecule has 1 rings (SSSR count). The van der Waals surface area contributed by atoms with E-state index in [0.717, 1.165) is 0 Å². The van der Waals surface area contributed by atoms with E-state index in [1.165, 1.54) is 0 Å². The number of halogens is 1. The highest BCUT2D eigenvalue weighted by Crippen LogP contribution is 2.12. The second-order valence-electron chi connectivity index (χ2n) is 1.48. The molecule has 0 saturated carbocycles. The molecule has 0 aliphatic rings. The summed E-state index contributed by atoms with van der Waals surface area (Å²) in [5, 5.41) is 9.34. The summed E-state index contributed by atoms with van der Waals surface area (Å²) >= 11 is 5.50. The maximum atomic E-state index is 8.70. The first-order valence-electron chi connectivity index (χ1n) is 3.23. The minimum atomic E-state index is 0.245. The van der Waals surface area contributed by atoms with Crippen LogP contribution in [0.25, 0.3) is 0 Å². The largest absolute Gasteiger partial charge is 0.508 e. The zero-order valence-corrected chi connectivity index (χ0v) is 6.89. The molecule has 0 spiro atoms. The molecule has 1 aromatic rings. The summed E-state index contributed by atoms with van der Waals surface area (Å²) in [6, 6.07) is 6.36. The number of benzene rings is 1. The Morgan fingerprint density at radius 3 is 1.80 bits per heavy atom. The van der Waals surface area contributed by atoms with Crippen molar-refractivity contribution in [2.75, 3.05) is 0 Å². The zero-order chi connectivity index (χ0) is 7.98. The number of hydrogen-bond donors (Lipinski definition) is 1. The monoisotopic (exact) mass is 158 g/mol. The van der Waals surface area contributed by atoms with E-state index in [1.54, 1.807) is 24.3 Å². The molecule has 10 heavy (non-hydrogen) atoms. The number of aromatic hydroxyl groups is 1. The number of rotatable bonds is 0. The standard InChI is InChI=1S/C6H5ClO.C2H6/c7-5-1-3-6(8)4-2-5;1-2/h1-4,8H;1-2H3. The molecule has 1 aromatic carbocycles. The highest BCUT2D eigenvalue weighted by atomic mass is 35.5. The van der Waals surface area contributed by atoms with Gasteiger partial charge in [-0.2, -0.15) is 0 Å². The van der Waals surface area contributed by atoms with Gasteiger partial charge in [0, 0.05) is 5.02 Å². The van der Waals surface area contributed by atoms with Crippen LogP contribution >= 0.6 is 11.6 Å². The fourth-order valence-corrected chi connectivity index (χ4v) is 0.567. The van der Waals surface area contributed by atoms with Crippen LogP contribution < -0.4 is 0 Å². The van der Waals surface area contributed by atoms with Gasteiger partial charge in [0.15, 0.2) is 0 Å². The van der Waals surface area contributed by atoms with Crippen LogP contribution in [0.2, 0.25) is 5.02 Å². The minimum Gasteiger partial charge on any atom is -0.508 e. The highest BCUT2D eigenvalue weighted by Gasteiger charge is 1.84. The lowest BCUT2D eigenvalue weighted by atomic mass is 10.3. The Hall–Kier alpha value is -0.690. The Morgan fingerprint density at radius 2 is 1.50 bits per heavy atom. The quantitative estimate of drug-likeness (QED) is 0.615. The van der Waals surface area contributed by atoms with Gasteiger partial charge >= 0.3 is 0 Å². The van der Waals surface area contributed by atoms with E-state index in [0.29, 0.717) is 5.02 Å². The van der Waals surface area contributed by atoms with Gasteiger partial charge in [-0.3, -0.25) is 0 Å². The first-order chi connectivity index (χ1) is 4.79. The second kappa shape index (κ2) is 5.12. The Morgan fingerprint density at radius 1 is 1.10 bits per heavy atom. The smallest absolute Gasteiger partial charge is 0.115 e. The summed E-state index contributed by atoms with van der Waals surface area (Å²) in [7, 11) is 0. The zero-order valence-electron chi connectivity index (χ0n) is 6.13. The van der Waals surface area contributed by atoms with Crippen LogP contribution in [-0.2, 0) is 0 Å². The molecule has 0 radical (unpaired) electrons. The molecule has 0 unspecified atom stereocenters. The van der Waals surface area contributed by atoms with Crippen LogP contribution in [0.3, 0.4) is 0 Å². The van der Waals surface area contributed by atoms with Crippen LogP contribution in [0.4, 0.5) is 0 Å². The maximum absolute atomic E-state index is 8.70. The lowest BCUT2D eigenvalue weighted by Crippen LogP contribution is -1.61. The van der Waals surface area contributed by atoms with Gasteiger partial charge in [-0.05, 0) is 24.3 Å². The first-order valence-corrected chi connectivity index (χ1v) is 3.61. The molecule has 1 N–H and O–H groups in total. The second-order valence-corrected chi connectivity index (χ2v) is 1.91. The minimum absolute atomic E-state index is 0.245. The summed E-state index contributed by atoms with van der Waals surface area (Å²) < 4.78 is 0. The lowest BCUT2D eigenvalue weighted by Gasteiger charge is -1.87. The molecule has 0 heterocycles. The van der Waals surface area contributed by atoms with Crippen molar-refractivity contribution >= 4 is 11.6 Å². The van der Waals surface area contributed by atoms with Gasteiger partial charge < -0.3 is 5.11 Å². The van der Waals surface area contributed by atoms with Crippen LogP contribution in [0, 0.1) is 0 Å². The average molecular weight is 159 g/mol. The molecule has 0 aliphatic carbocycles. The topological polar surface area (TPSA) is 20.2 Å². The number of phenols is 1. The summed E-state index contributed by atoms with van der Waals surface area (Å²) in [5.41, 5.74) is 0. The third-order valence-corrected chi connectivity index (χ3v) is 1.08. The Labute approximate surface area is 66.3 Å². The van der Waals surface area contributed by atoms with E-state index in [2.05, 4.69) is 0 Å². The molecule has 0 bridgehead atoms. The summed E-state index contributed by atoms with van der Waals surface area (Å²) in [6.45, 7) is 4.00. The molecular weight excluding hydrogens is 148 g/mol. The lowest BCUT2D eigenvalue weighted by molar-refractivity contribution is 0.475. The van der Waals surface area contributed by atoms with E-state index < -0.39 is 0 Å². The molecule has 0 aromatic heterocycles. The predicted molar refractivity (Wildman–Crippen MR) is 44.5 cm³/mol. The van der Waals surface area contributed by atoms with Gasteiger partial charge in [-0.15, -0.1) is 0 Å². The van der Waals surface area contributed by atoms with Crippen LogP contribution in [0.1, 0.15) is 13.8 Å². The van der Waals surface area contributed by atoms with Gasteiger partial charge in [0.1, 0.15) is 5.75 Å². The van der Waals surface area contributed by atoms with Crippen LogP contribution in [-0.4, -0.2) is 5.11 Å². The van der Waals surface area contributed by atoms with E-state index in [9.17, 15) is 0 Å². The Balaban J connectivity index is 0.000000371. The molecule has 1 nitrogen and oxygen atoms in total. The third-order valence-electron chi connectivity index (χ3n) is 0.827. The van der Waals surface area contributed by atoms with Gasteiger partial charge in [0.05, 0.1) is 0 Å². The Kier molecular flexibility index (Phi) is 4.77. The van der Waals surface area contributed by atoms with E-state index in [-0.39, 0.29) is 5.75 Å². The molecule has 2 heteroatoms. The van der Waals surface area contributed by atoms with Crippen molar-refractivity contribution in [3.05, 3.63) is 29.3 Å². The SMILES string of the molecule is CC.Oc1ccc(Cl)cc1. The molecule has 56 valence electrons. The average Bonchev–Trinajstić information content (AvgIpc) is 2.00. The van der Waals surface area contributed by atoms with Crippen molar-refractivity contribution in [3.63, 3.8) is 0 Å². The van der Waals surface area contributed by atoms with Crippen molar-refractivity contribution in [3.8, 4) is 5.75 Å². The number of hydrogen-bond acceptors (Lipinski definition) is 1. The summed E-state index contributed by atoms with van der Waals surface area (Å²) in [6.07, 6.45) is 0. The molecule has 0 atom stereocenters. The van der Waals surface area contributed by atoms with Crippen LogP contribution in [0.5, 0.6) is 5.75 Å². The summed E-state index contributed by atoms with van der Waals surface area (Å²) in [4.78, 5) is 0.